The largest absolute Gasteiger partial charge is 0.236 e. The van der Waals surface area contributed by atoms with Crippen molar-refractivity contribution in [2.45, 2.75) is 26.7 Å². The molecule has 0 bridgehead atoms. The third-order valence-corrected chi connectivity index (χ3v) is 1.05. The van der Waals surface area contributed by atoms with E-state index in [1.807, 2.05) is 6.92 Å². The molecule has 0 saturated carbocycles. The van der Waals surface area contributed by atoms with Crippen molar-refractivity contribution in [2.75, 3.05) is 6.61 Å². The Bertz CT molecular complexity index is 74.5. The first-order chi connectivity index (χ1) is 3.81. The second-order valence-corrected chi connectivity index (χ2v) is 1.91. The summed E-state index contributed by atoms with van der Waals surface area (Å²) < 4.78 is 0. The zero-order valence-corrected chi connectivity index (χ0v) is 5.61. The van der Waals surface area contributed by atoms with Gasteiger partial charge in [-0.2, -0.15) is 0 Å². The molecule has 0 spiro atoms. The topological polar surface area (TPSA) is 19.9 Å². The Morgan fingerprint density at radius 1 is 1.62 bits per heavy atom. The van der Waals surface area contributed by atoms with Crippen LogP contribution in [0.5, 0.6) is 0 Å². The highest BCUT2D eigenvalue weighted by Gasteiger charge is 1.84. The van der Waals surface area contributed by atoms with E-state index in [-0.39, 0.29) is 6.61 Å². The normalized spacial score (nSPS) is 12.1. The number of rotatable bonds is 3. The fourth-order valence-corrected chi connectivity index (χ4v) is 0.612. The Labute approximate surface area is 51.0 Å². The third kappa shape index (κ3) is 3.88. The summed E-state index contributed by atoms with van der Waals surface area (Å²) in [5.74, 6) is 0. The van der Waals surface area contributed by atoms with E-state index in [4.69, 9.17) is 0 Å². The molecular weight excluding hydrogens is 100 g/mol. The molecule has 1 heteroatoms. The monoisotopic (exact) mass is 113 g/mol. The van der Waals surface area contributed by atoms with Crippen molar-refractivity contribution in [3.8, 4) is 0 Å². The molecule has 1 radical (unpaired) electrons. The van der Waals surface area contributed by atoms with Crippen molar-refractivity contribution < 1.29 is 5.11 Å². The van der Waals surface area contributed by atoms with Gasteiger partial charge in [-0.3, -0.25) is 0 Å². The fraction of sp³-hybridized carbons (Fsp3) is 0.714. The van der Waals surface area contributed by atoms with E-state index in [1.54, 1.807) is 0 Å². The first kappa shape index (κ1) is 7.70. The van der Waals surface area contributed by atoms with Crippen molar-refractivity contribution in [3.05, 3.63) is 11.6 Å². The lowest BCUT2D eigenvalue weighted by Gasteiger charge is -1.91. The highest BCUT2D eigenvalue weighted by atomic mass is 16.2. The second-order valence-electron chi connectivity index (χ2n) is 1.91. The summed E-state index contributed by atoms with van der Waals surface area (Å²) in [6.07, 6.45) is 3.86. The van der Waals surface area contributed by atoms with Crippen LogP contribution in [0.2, 0.25) is 0 Å². The molecule has 0 aromatic rings. The maximum Gasteiger partial charge on any atom is 0.0859 e. The van der Waals surface area contributed by atoms with Crippen LogP contribution in [0, 0.1) is 0 Å². The summed E-state index contributed by atoms with van der Waals surface area (Å²) in [5.41, 5.74) is 1.22. The molecule has 0 atom stereocenters. The molecule has 0 aliphatic carbocycles. The summed E-state index contributed by atoms with van der Waals surface area (Å²) in [4.78, 5) is 0. The maximum absolute atomic E-state index is 9.97. The lowest BCUT2D eigenvalue weighted by atomic mass is 10.2. The van der Waals surface area contributed by atoms with E-state index in [0.717, 1.165) is 6.42 Å². The molecule has 8 heavy (non-hydrogen) atoms. The Hall–Kier alpha value is -0.300. The summed E-state index contributed by atoms with van der Waals surface area (Å²) >= 11 is 0. The van der Waals surface area contributed by atoms with Gasteiger partial charge < -0.3 is 0 Å². The molecule has 0 heterocycles. The van der Waals surface area contributed by atoms with Gasteiger partial charge in [-0.25, -0.2) is 5.11 Å². The predicted molar refractivity (Wildman–Crippen MR) is 34.2 cm³/mol. The van der Waals surface area contributed by atoms with Gasteiger partial charge in [0.25, 0.3) is 0 Å². The van der Waals surface area contributed by atoms with Crippen molar-refractivity contribution in [1.29, 1.82) is 0 Å². The summed E-state index contributed by atoms with van der Waals surface area (Å²) in [6, 6.07) is 0. The zero-order valence-electron chi connectivity index (χ0n) is 5.61. The molecule has 0 saturated heterocycles. The van der Waals surface area contributed by atoms with Crippen LogP contribution in [-0.4, -0.2) is 6.61 Å². The highest BCUT2D eigenvalue weighted by molar-refractivity contribution is 4.96. The molecule has 0 fully saturated rings. The summed E-state index contributed by atoms with van der Waals surface area (Å²) in [5, 5.41) is 9.97. The van der Waals surface area contributed by atoms with Gasteiger partial charge in [0.1, 0.15) is 0 Å². The van der Waals surface area contributed by atoms with Gasteiger partial charge in [-0.05, 0) is 19.8 Å². The predicted octanol–water partition coefficient (Wildman–Crippen LogP) is 2.16. The van der Waals surface area contributed by atoms with E-state index in [2.05, 4.69) is 13.0 Å². The Balaban J connectivity index is 3.29. The zero-order chi connectivity index (χ0) is 6.41. The average Bonchev–Trinajstić information content (AvgIpc) is 1.68. The first-order valence-electron chi connectivity index (χ1n) is 3.05. The minimum Gasteiger partial charge on any atom is -0.236 e. The maximum atomic E-state index is 9.97. The van der Waals surface area contributed by atoms with Gasteiger partial charge in [0.15, 0.2) is 0 Å². The first-order valence-corrected chi connectivity index (χ1v) is 3.05. The van der Waals surface area contributed by atoms with Gasteiger partial charge in [-0.1, -0.05) is 18.6 Å². The van der Waals surface area contributed by atoms with E-state index in [1.165, 1.54) is 5.57 Å². The lowest BCUT2D eigenvalue weighted by molar-refractivity contribution is 0.197. The average molecular weight is 113 g/mol. The van der Waals surface area contributed by atoms with Gasteiger partial charge >= 0.3 is 0 Å². The molecule has 0 N–H and O–H groups in total. The molecule has 0 aromatic heterocycles. The smallest absolute Gasteiger partial charge is 0.0859 e. The van der Waals surface area contributed by atoms with E-state index in [9.17, 15) is 5.11 Å². The molecule has 0 rings (SSSR count). The Morgan fingerprint density at radius 3 is 2.62 bits per heavy atom. The van der Waals surface area contributed by atoms with Gasteiger partial charge in [-0.15, -0.1) is 0 Å². The Morgan fingerprint density at radius 2 is 2.25 bits per heavy atom. The number of allylic oxidation sites excluding steroid dienone is 1. The van der Waals surface area contributed by atoms with Crippen LogP contribution >= 0.6 is 0 Å². The minimum absolute atomic E-state index is 0.0301. The molecule has 0 aromatic carbocycles. The van der Waals surface area contributed by atoms with Crippen molar-refractivity contribution in [1.82, 2.24) is 0 Å². The van der Waals surface area contributed by atoms with Crippen LogP contribution in [0.3, 0.4) is 0 Å². The molecule has 0 amide bonds. The molecule has 0 unspecified atom stereocenters. The van der Waals surface area contributed by atoms with Crippen LogP contribution in [0.25, 0.3) is 0 Å². The molecule has 0 aliphatic heterocycles. The van der Waals surface area contributed by atoms with Gasteiger partial charge in [0, 0.05) is 0 Å². The van der Waals surface area contributed by atoms with Crippen LogP contribution in [0.1, 0.15) is 26.7 Å². The standard InChI is InChI=1S/C7H13O/c1-3-4-7(2)5-6-8/h4H,3,5-6H2,1-2H3/b7-4+. The lowest BCUT2D eigenvalue weighted by Crippen LogP contribution is -1.80. The highest BCUT2D eigenvalue weighted by Crippen LogP contribution is 1.98. The second kappa shape index (κ2) is 4.85. The molecular formula is C7H13O. The SMILES string of the molecule is CC/C=C(\C)CC[O]. The van der Waals surface area contributed by atoms with Crippen LogP contribution < -0.4 is 0 Å². The van der Waals surface area contributed by atoms with Crippen LogP contribution in [0.4, 0.5) is 0 Å². The minimum atomic E-state index is 0.0301. The molecule has 0 aliphatic rings. The number of hydrogen-bond acceptors (Lipinski definition) is 0. The summed E-state index contributed by atoms with van der Waals surface area (Å²) in [7, 11) is 0. The van der Waals surface area contributed by atoms with Crippen LogP contribution in [-0.2, 0) is 5.11 Å². The van der Waals surface area contributed by atoms with Crippen molar-refractivity contribution in [2.24, 2.45) is 0 Å². The fourth-order valence-electron chi connectivity index (χ4n) is 0.612. The van der Waals surface area contributed by atoms with Gasteiger partial charge in [0.2, 0.25) is 0 Å². The van der Waals surface area contributed by atoms with E-state index < -0.39 is 0 Å². The number of hydrogen-bond donors (Lipinski definition) is 0. The van der Waals surface area contributed by atoms with Crippen LogP contribution in [0.15, 0.2) is 11.6 Å². The van der Waals surface area contributed by atoms with Crippen molar-refractivity contribution >= 4 is 0 Å². The molecule has 47 valence electrons. The molecule has 1 nitrogen and oxygen atoms in total. The third-order valence-electron chi connectivity index (χ3n) is 1.05. The Kier molecular flexibility index (Phi) is 4.67. The quantitative estimate of drug-likeness (QED) is 0.500. The summed E-state index contributed by atoms with van der Waals surface area (Å²) in [6.45, 7) is 4.11. The van der Waals surface area contributed by atoms with Gasteiger partial charge in [0.05, 0.1) is 6.61 Å². The van der Waals surface area contributed by atoms with Crippen molar-refractivity contribution in [3.63, 3.8) is 0 Å². The van der Waals surface area contributed by atoms with E-state index >= 15 is 0 Å². The van der Waals surface area contributed by atoms with E-state index in [0.29, 0.717) is 6.42 Å².